The molecule has 0 aliphatic rings. The number of nitrogens with zero attached hydrogens (tertiary/aromatic N) is 1. The summed E-state index contributed by atoms with van der Waals surface area (Å²) in [6.07, 6.45) is 6.01. The topological polar surface area (TPSA) is 32.6 Å². The zero-order valence-electron chi connectivity index (χ0n) is 8.54. The molecule has 13 heavy (non-hydrogen) atoms. The fraction of sp³-hybridized carbons (Fsp3) is 0.364. The standard InChI is InChI=1S/C11H17NO/c1-5-7-12-8-11(10(4)13)9(3)6-2/h5,7-8,13H,4,6H2,1-3H3/b7-5-,11-9?,12-8?. The Morgan fingerprint density at radius 2 is 2.15 bits per heavy atom. The highest BCUT2D eigenvalue weighted by Gasteiger charge is 2.00. The number of aliphatic hydroxyl groups excluding tert-OH is 1. The van der Waals surface area contributed by atoms with E-state index in [-0.39, 0.29) is 5.76 Å². The molecule has 0 aromatic heterocycles. The minimum atomic E-state index is 0.0765. The van der Waals surface area contributed by atoms with E-state index in [9.17, 15) is 5.11 Å². The number of aliphatic imine (C=N–C) groups is 1. The molecule has 0 bridgehead atoms. The Kier molecular flexibility index (Phi) is 5.60. The van der Waals surface area contributed by atoms with Crippen LogP contribution in [0.1, 0.15) is 27.2 Å². The van der Waals surface area contributed by atoms with Gasteiger partial charge in [-0.15, -0.1) is 0 Å². The van der Waals surface area contributed by atoms with Gasteiger partial charge in [0.05, 0.1) is 0 Å². The average molecular weight is 179 g/mol. The average Bonchev–Trinajstić information content (AvgIpc) is 2.11. The molecule has 0 atom stereocenters. The molecule has 0 aliphatic carbocycles. The van der Waals surface area contributed by atoms with Crippen LogP contribution in [0.15, 0.2) is 40.8 Å². The number of hydrogen-bond acceptors (Lipinski definition) is 2. The Bertz CT molecular complexity index is 259. The predicted octanol–water partition coefficient (Wildman–Crippen LogP) is 3.39. The molecule has 0 spiro atoms. The van der Waals surface area contributed by atoms with Crippen LogP contribution in [0, 0.1) is 0 Å². The third-order valence-electron chi connectivity index (χ3n) is 1.74. The van der Waals surface area contributed by atoms with Gasteiger partial charge < -0.3 is 5.11 Å². The van der Waals surface area contributed by atoms with E-state index in [1.807, 2.05) is 26.8 Å². The second-order valence-corrected chi connectivity index (χ2v) is 2.75. The molecular weight excluding hydrogens is 162 g/mol. The molecule has 1 N–H and O–H groups in total. The first-order chi connectivity index (χ1) is 6.13. The van der Waals surface area contributed by atoms with Gasteiger partial charge in [-0.05, 0) is 20.3 Å². The number of rotatable bonds is 4. The maximum absolute atomic E-state index is 9.25. The summed E-state index contributed by atoms with van der Waals surface area (Å²) in [4.78, 5) is 4.00. The Balaban J connectivity index is 4.74. The first-order valence-electron chi connectivity index (χ1n) is 4.35. The highest BCUT2D eigenvalue weighted by molar-refractivity contribution is 5.84. The summed E-state index contributed by atoms with van der Waals surface area (Å²) in [5.74, 6) is 0.0765. The van der Waals surface area contributed by atoms with Crippen LogP contribution in [-0.2, 0) is 0 Å². The molecule has 0 amide bonds. The third-order valence-corrected chi connectivity index (χ3v) is 1.74. The minimum absolute atomic E-state index is 0.0765. The molecule has 0 aromatic rings. The van der Waals surface area contributed by atoms with Crippen molar-refractivity contribution in [3.05, 3.63) is 35.8 Å². The lowest BCUT2D eigenvalue weighted by atomic mass is 10.1. The normalized spacial score (nSPS) is 13.8. The molecule has 0 fully saturated rings. The van der Waals surface area contributed by atoms with Crippen molar-refractivity contribution in [2.24, 2.45) is 4.99 Å². The van der Waals surface area contributed by atoms with Gasteiger partial charge in [-0.1, -0.05) is 25.2 Å². The van der Waals surface area contributed by atoms with Crippen molar-refractivity contribution < 1.29 is 5.11 Å². The van der Waals surface area contributed by atoms with E-state index in [4.69, 9.17) is 0 Å². The van der Waals surface area contributed by atoms with Gasteiger partial charge in [0, 0.05) is 18.0 Å². The number of hydrogen-bond donors (Lipinski definition) is 1. The summed E-state index contributed by atoms with van der Waals surface area (Å²) < 4.78 is 0. The summed E-state index contributed by atoms with van der Waals surface area (Å²) in [5, 5.41) is 9.25. The van der Waals surface area contributed by atoms with E-state index in [1.165, 1.54) is 0 Å². The van der Waals surface area contributed by atoms with Gasteiger partial charge in [0.15, 0.2) is 0 Å². The van der Waals surface area contributed by atoms with Gasteiger partial charge in [0.2, 0.25) is 0 Å². The Labute approximate surface area is 80.0 Å². The van der Waals surface area contributed by atoms with Crippen LogP contribution in [0.4, 0.5) is 0 Å². The van der Waals surface area contributed by atoms with Crippen molar-refractivity contribution in [3.63, 3.8) is 0 Å². The lowest BCUT2D eigenvalue weighted by molar-refractivity contribution is 0.430. The van der Waals surface area contributed by atoms with Crippen molar-refractivity contribution in [3.8, 4) is 0 Å². The molecule has 0 heterocycles. The summed E-state index contributed by atoms with van der Waals surface area (Å²) in [6.45, 7) is 9.36. The number of allylic oxidation sites excluding steroid dienone is 3. The van der Waals surface area contributed by atoms with Crippen LogP contribution in [0.2, 0.25) is 0 Å². The Hall–Kier alpha value is -1.31. The van der Waals surface area contributed by atoms with E-state index in [2.05, 4.69) is 11.6 Å². The molecule has 2 nitrogen and oxygen atoms in total. The monoisotopic (exact) mass is 179 g/mol. The second kappa shape index (κ2) is 6.23. The van der Waals surface area contributed by atoms with Crippen molar-refractivity contribution in [2.75, 3.05) is 0 Å². The molecule has 0 saturated heterocycles. The van der Waals surface area contributed by atoms with E-state index in [0.717, 1.165) is 17.6 Å². The summed E-state index contributed by atoms with van der Waals surface area (Å²) in [7, 11) is 0. The summed E-state index contributed by atoms with van der Waals surface area (Å²) in [6, 6.07) is 0. The SMILES string of the molecule is C=C(O)C(C=N/C=C\C)=C(C)CC. The summed E-state index contributed by atoms with van der Waals surface area (Å²) >= 11 is 0. The maximum atomic E-state index is 9.25. The van der Waals surface area contributed by atoms with Crippen molar-refractivity contribution >= 4 is 6.21 Å². The van der Waals surface area contributed by atoms with Gasteiger partial charge in [-0.3, -0.25) is 4.99 Å². The molecule has 72 valence electrons. The Morgan fingerprint density at radius 1 is 1.54 bits per heavy atom. The van der Waals surface area contributed by atoms with Crippen LogP contribution in [-0.4, -0.2) is 11.3 Å². The zero-order chi connectivity index (χ0) is 10.3. The highest BCUT2D eigenvalue weighted by Crippen LogP contribution is 2.11. The van der Waals surface area contributed by atoms with Crippen molar-refractivity contribution in [1.29, 1.82) is 0 Å². The molecule has 0 unspecified atom stereocenters. The molecule has 0 rings (SSSR count). The lowest BCUT2D eigenvalue weighted by Crippen LogP contribution is -1.93. The zero-order valence-corrected chi connectivity index (χ0v) is 8.54. The Morgan fingerprint density at radius 3 is 2.54 bits per heavy atom. The van der Waals surface area contributed by atoms with Crippen LogP contribution in [0.5, 0.6) is 0 Å². The van der Waals surface area contributed by atoms with Gasteiger partial charge in [-0.2, -0.15) is 0 Å². The minimum Gasteiger partial charge on any atom is -0.508 e. The smallest absolute Gasteiger partial charge is 0.117 e. The largest absolute Gasteiger partial charge is 0.508 e. The quantitative estimate of drug-likeness (QED) is 0.400. The fourth-order valence-corrected chi connectivity index (χ4v) is 0.825. The molecule has 0 radical (unpaired) electrons. The van der Waals surface area contributed by atoms with Crippen LogP contribution in [0.25, 0.3) is 0 Å². The van der Waals surface area contributed by atoms with Gasteiger partial charge in [-0.25, -0.2) is 0 Å². The van der Waals surface area contributed by atoms with Gasteiger partial charge in [0.25, 0.3) is 0 Å². The highest BCUT2D eigenvalue weighted by atomic mass is 16.3. The first kappa shape index (κ1) is 11.7. The van der Waals surface area contributed by atoms with E-state index >= 15 is 0 Å². The molecule has 0 saturated carbocycles. The molecule has 2 heteroatoms. The third kappa shape index (κ3) is 4.31. The lowest BCUT2D eigenvalue weighted by Gasteiger charge is -2.02. The fourth-order valence-electron chi connectivity index (χ4n) is 0.825. The van der Waals surface area contributed by atoms with E-state index in [0.29, 0.717) is 0 Å². The predicted molar refractivity (Wildman–Crippen MR) is 58.1 cm³/mol. The first-order valence-corrected chi connectivity index (χ1v) is 4.35. The van der Waals surface area contributed by atoms with Crippen LogP contribution >= 0.6 is 0 Å². The molecular formula is C11H17NO. The van der Waals surface area contributed by atoms with Crippen LogP contribution < -0.4 is 0 Å². The number of aliphatic hydroxyl groups is 1. The van der Waals surface area contributed by atoms with Gasteiger partial charge in [0.1, 0.15) is 5.76 Å². The molecule has 0 aliphatic heterocycles. The second-order valence-electron chi connectivity index (χ2n) is 2.75. The summed E-state index contributed by atoms with van der Waals surface area (Å²) in [5.41, 5.74) is 1.81. The van der Waals surface area contributed by atoms with Crippen molar-refractivity contribution in [2.45, 2.75) is 27.2 Å². The van der Waals surface area contributed by atoms with E-state index < -0.39 is 0 Å². The maximum Gasteiger partial charge on any atom is 0.117 e. The van der Waals surface area contributed by atoms with Gasteiger partial charge >= 0.3 is 0 Å². The van der Waals surface area contributed by atoms with E-state index in [1.54, 1.807) is 12.4 Å². The van der Waals surface area contributed by atoms with Crippen molar-refractivity contribution in [1.82, 2.24) is 0 Å². The molecule has 0 aromatic carbocycles. The van der Waals surface area contributed by atoms with Crippen LogP contribution in [0.3, 0.4) is 0 Å².